The van der Waals surface area contributed by atoms with Gasteiger partial charge in [0.25, 0.3) is 0 Å². The molecule has 0 unspecified atom stereocenters. The van der Waals surface area contributed by atoms with Crippen LogP contribution >= 0.6 is 23.4 Å². The van der Waals surface area contributed by atoms with Crippen LogP contribution in [0.25, 0.3) is 6.08 Å². The lowest BCUT2D eigenvalue weighted by Crippen LogP contribution is -2.41. The fraction of sp³-hybridized carbons (Fsp3) is 0.467. The highest BCUT2D eigenvalue weighted by atomic mass is 35.5. The summed E-state index contributed by atoms with van der Waals surface area (Å²) in [6.45, 7) is 7.10. The van der Waals surface area contributed by atoms with E-state index in [-0.39, 0.29) is 27.2 Å². The monoisotopic (exact) mass is 382 g/mol. The highest BCUT2D eigenvalue weighted by Crippen LogP contribution is 2.40. The molecule has 1 heterocycles. The van der Waals surface area contributed by atoms with Crippen molar-refractivity contribution in [1.82, 2.24) is 0 Å². The van der Waals surface area contributed by atoms with E-state index in [9.17, 15) is 17.6 Å². The second-order valence-corrected chi connectivity index (χ2v) is 7.96. The molecule has 0 saturated carbocycles. The van der Waals surface area contributed by atoms with Gasteiger partial charge in [-0.25, -0.2) is 4.39 Å². The number of thioether (sulfide) groups is 1. The second-order valence-electron chi connectivity index (χ2n) is 6.39. The van der Waals surface area contributed by atoms with E-state index in [0.29, 0.717) is 0 Å². The molecule has 1 fully saturated rings. The van der Waals surface area contributed by atoms with Crippen LogP contribution in [-0.2, 0) is 9.31 Å². The topological polar surface area (TPSA) is 18.5 Å². The highest BCUT2D eigenvalue weighted by molar-refractivity contribution is 8.00. The molecule has 9 heteroatoms. The molecular formula is C15H16BClF4O2S. The van der Waals surface area contributed by atoms with Crippen molar-refractivity contribution in [1.29, 1.82) is 0 Å². The second kappa shape index (κ2) is 6.55. The van der Waals surface area contributed by atoms with Gasteiger partial charge in [-0.05, 0) is 69.3 Å². The molecule has 132 valence electrons. The van der Waals surface area contributed by atoms with Crippen molar-refractivity contribution < 1.29 is 26.9 Å². The van der Waals surface area contributed by atoms with E-state index in [0.717, 1.165) is 6.08 Å². The number of halogens is 5. The molecule has 0 bridgehead atoms. The van der Waals surface area contributed by atoms with Crippen molar-refractivity contribution >= 4 is 36.6 Å². The molecule has 1 saturated heterocycles. The van der Waals surface area contributed by atoms with E-state index >= 15 is 0 Å². The van der Waals surface area contributed by atoms with Crippen LogP contribution in [0.3, 0.4) is 0 Å². The van der Waals surface area contributed by atoms with Crippen molar-refractivity contribution in [2.24, 2.45) is 0 Å². The summed E-state index contributed by atoms with van der Waals surface area (Å²) < 4.78 is 63.0. The fourth-order valence-corrected chi connectivity index (χ4v) is 3.00. The lowest BCUT2D eigenvalue weighted by molar-refractivity contribution is -0.0328. The van der Waals surface area contributed by atoms with Crippen molar-refractivity contribution in [3.05, 3.63) is 34.5 Å². The van der Waals surface area contributed by atoms with E-state index in [1.165, 1.54) is 18.2 Å². The number of benzene rings is 1. The van der Waals surface area contributed by atoms with Gasteiger partial charge in [0.2, 0.25) is 0 Å². The molecule has 0 aliphatic carbocycles. The molecule has 1 aromatic rings. The third-order valence-electron chi connectivity index (χ3n) is 3.91. The molecule has 0 radical (unpaired) electrons. The Morgan fingerprint density at radius 3 is 2.17 bits per heavy atom. The summed E-state index contributed by atoms with van der Waals surface area (Å²) in [4.78, 5) is -0.122. The van der Waals surface area contributed by atoms with Gasteiger partial charge in [-0.2, -0.15) is 13.2 Å². The predicted molar refractivity (Wildman–Crippen MR) is 88.5 cm³/mol. The van der Waals surface area contributed by atoms with Crippen LogP contribution in [0.4, 0.5) is 17.6 Å². The van der Waals surface area contributed by atoms with Gasteiger partial charge in [-0.15, -0.1) is 0 Å². The SMILES string of the molecule is CC1(C)OB(C(F)=Cc2cc(Cl)cc(SC(F)(F)F)c2)OC1(C)C. The van der Waals surface area contributed by atoms with Gasteiger partial charge >= 0.3 is 12.6 Å². The lowest BCUT2D eigenvalue weighted by atomic mass is 9.87. The maximum Gasteiger partial charge on any atom is 0.525 e. The van der Waals surface area contributed by atoms with Gasteiger partial charge in [-0.1, -0.05) is 11.6 Å². The maximum atomic E-state index is 14.4. The largest absolute Gasteiger partial charge is 0.525 e. The van der Waals surface area contributed by atoms with E-state index in [1.54, 1.807) is 27.7 Å². The Kier molecular flexibility index (Phi) is 5.36. The van der Waals surface area contributed by atoms with Gasteiger partial charge < -0.3 is 9.31 Å². The Morgan fingerprint density at radius 2 is 1.67 bits per heavy atom. The lowest BCUT2D eigenvalue weighted by Gasteiger charge is -2.32. The Morgan fingerprint density at radius 1 is 1.12 bits per heavy atom. The summed E-state index contributed by atoms with van der Waals surface area (Å²) in [7, 11) is -1.22. The molecule has 2 nitrogen and oxygen atoms in total. The Labute approximate surface area is 147 Å². The summed E-state index contributed by atoms with van der Waals surface area (Å²) >= 11 is 5.51. The first-order chi connectivity index (χ1) is 10.8. The van der Waals surface area contributed by atoms with Crippen LogP contribution in [0.15, 0.2) is 28.8 Å². The average molecular weight is 383 g/mol. The van der Waals surface area contributed by atoms with Crippen molar-refractivity contribution in [2.45, 2.75) is 49.3 Å². The molecule has 0 spiro atoms. The first-order valence-corrected chi connectivity index (χ1v) is 8.28. The molecule has 1 aliphatic rings. The first-order valence-electron chi connectivity index (χ1n) is 7.08. The van der Waals surface area contributed by atoms with Crippen molar-refractivity contribution in [2.75, 3.05) is 0 Å². The molecule has 24 heavy (non-hydrogen) atoms. The predicted octanol–water partition coefficient (Wildman–Crippen LogP) is 5.89. The number of alkyl halides is 3. The third-order valence-corrected chi connectivity index (χ3v) is 4.83. The van der Waals surface area contributed by atoms with Crippen LogP contribution in [0.5, 0.6) is 0 Å². The summed E-state index contributed by atoms with van der Waals surface area (Å²) in [5, 5.41) is 0.0808. The fourth-order valence-electron chi connectivity index (χ4n) is 2.04. The minimum atomic E-state index is -4.45. The molecular weight excluding hydrogens is 366 g/mol. The van der Waals surface area contributed by atoms with E-state index in [4.69, 9.17) is 20.9 Å². The van der Waals surface area contributed by atoms with Crippen molar-refractivity contribution in [3.8, 4) is 0 Å². The average Bonchev–Trinajstić information content (AvgIpc) is 2.55. The Hall–Kier alpha value is -0.695. The molecule has 0 amide bonds. The molecule has 0 atom stereocenters. The molecule has 0 N–H and O–H groups in total. The smallest absolute Gasteiger partial charge is 0.398 e. The normalized spacial score (nSPS) is 20.5. The van der Waals surface area contributed by atoms with Crippen LogP contribution in [0.1, 0.15) is 33.3 Å². The highest BCUT2D eigenvalue weighted by Gasteiger charge is 2.53. The standard InChI is InChI=1S/C15H16BClF4O2S/c1-13(2)14(3,4)23-16(22-13)12(18)7-9-5-10(17)8-11(6-9)24-15(19,20)21/h5-8H,1-4H3. The minimum absolute atomic E-state index is 0.0808. The van der Waals surface area contributed by atoms with Crippen molar-refractivity contribution in [3.63, 3.8) is 0 Å². The zero-order valence-corrected chi connectivity index (χ0v) is 15.1. The van der Waals surface area contributed by atoms with E-state index in [2.05, 4.69) is 0 Å². The summed E-state index contributed by atoms with van der Waals surface area (Å²) in [6, 6.07) is 3.74. The van der Waals surface area contributed by atoms with Gasteiger partial charge in [0.1, 0.15) is 5.73 Å². The molecule has 2 rings (SSSR count). The zero-order valence-electron chi connectivity index (χ0n) is 13.5. The minimum Gasteiger partial charge on any atom is -0.398 e. The van der Waals surface area contributed by atoms with Gasteiger partial charge in [0.05, 0.1) is 11.2 Å². The third kappa shape index (κ3) is 4.68. The van der Waals surface area contributed by atoms with Crippen LogP contribution < -0.4 is 0 Å². The van der Waals surface area contributed by atoms with Crippen LogP contribution in [0, 0.1) is 0 Å². The maximum absolute atomic E-state index is 14.4. The van der Waals surface area contributed by atoms with Crippen LogP contribution in [-0.4, -0.2) is 23.8 Å². The van der Waals surface area contributed by atoms with E-state index < -0.39 is 29.6 Å². The Balaban J connectivity index is 2.25. The van der Waals surface area contributed by atoms with Gasteiger partial charge in [-0.3, -0.25) is 0 Å². The summed E-state index contributed by atoms with van der Waals surface area (Å²) in [5.41, 5.74) is -6.42. The number of hydrogen-bond acceptors (Lipinski definition) is 3. The quantitative estimate of drug-likeness (QED) is 0.369. The van der Waals surface area contributed by atoms with Gasteiger partial charge in [0, 0.05) is 9.92 Å². The molecule has 0 aromatic heterocycles. The first kappa shape index (κ1) is 19.6. The van der Waals surface area contributed by atoms with Crippen LogP contribution in [0.2, 0.25) is 5.02 Å². The molecule has 1 aromatic carbocycles. The number of hydrogen-bond donors (Lipinski definition) is 0. The van der Waals surface area contributed by atoms with E-state index in [1.807, 2.05) is 0 Å². The summed E-state index contributed by atoms with van der Waals surface area (Å²) in [6.07, 6.45) is 1.06. The zero-order chi connectivity index (χ0) is 18.3. The van der Waals surface area contributed by atoms with Gasteiger partial charge in [0.15, 0.2) is 0 Å². The Bertz CT molecular complexity index is 645. The summed E-state index contributed by atoms with van der Waals surface area (Å²) in [5.74, 6) is 0. The number of rotatable bonds is 3. The molecule has 1 aliphatic heterocycles.